The summed E-state index contributed by atoms with van der Waals surface area (Å²) < 4.78 is 0. The molecule has 116 valence electrons. The largest absolute Gasteiger partial charge is 0.393 e. The Balaban J connectivity index is 1.95. The third-order valence-electron chi connectivity index (χ3n) is 3.47. The van der Waals surface area contributed by atoms with Gasteiger partial charge >= 0.3 is 6.03 Å². The van der Waals surface area contributed by atoms with Crippen LogP contribution in [0, 0.1) is 0 Å². The maximum atomic E-state index is 12.0. The molecule has 0 fully saturated rings. The van der Waals surface area contributed by atoms with E-state index in [9.17, 15) is 9.90 Å². The summed E-state index contributed by atoms with van der Waals surface area (Å²) in [7, 11) is 1.72. The van der Waals surface area contributed by atoms with E-state index in [0.717, 1.165) is 16.8 Å². The van der Waals surface area contributed by atoms with Crippen LogP contribution in [0.3, 0.4) is 0 Å². The molecule has 22 heavy (non-hydrogen) atoms. The topological polar surface area (TPSA) is 52.6 Å². The first kappa shape index (κ1) is 16.0. The van der Waals surface area contributed by atoms with E-state index < -0.39 is 6.10 Å². The number of aliphatic hydroxyl groups is 1. The molecule has 0 bridgehead atoms. The van der Waals surface area contributed by atoms with Gasteiger partial charge in [-0.3, -0.25) is 0 Å². The minimum Gasteiger partial charge on any atom is -0.393 e. The lowest BCUT2D eigenvalue weighted by atomic mass is 10.1. The van der Waals surface area contributed by atoms with Crippen LogP contribution in [-0.2, 0) is 0 Å². The van der Waals surface area contributed by atoms with Gasteiger partial charge in [-0.2, -0.15) is 0 Å². The van der Waals surface area contributed by atoms with E-state index in [1.165, 1.54) is 0 Å². The molecule has 0 aliphatic heterocycles. The second kappa shape index (κ2) is 7.61. The van der Waals surface area contributed by atoms with Gasteiger partial charge in [0.05, 0.1) is 6.10 Å². The third-order valence-corrected chi connectivity index (χ3v) is 3.47. The van der Waals surface area contributed by atoms with Crippen LogP contribution in [0.15, 0.2) is 54.6 Å². The van der Waals surface area contributed by atoms with Crippen LogP contribution in [0.2, 0.25) is 0 Å². The van der Waals surface area contributed by atoms with Gasteiger partial charge in [-0.25, -0.2) is 4.79 Å². The number of carbonyl (C=O) groups is 1. The fraction of sp³-hybridized carbons (Fsp3) is 0.278. The summed E-state index contributed by atoms with van der Waals surface area (Å²) in [6.45, 7) is 2.24. The number of rotatable bonds is 5. The molecular formula is C18H22N2O2. The van der Waals surface area contributed by atoms with Gasteiger partial charge in [-0.1, -0.05) is 42.5 Å². The maximum Gasteiger partial charge on any atom is 0.321 e. The van der Waals surface area contributed by atoms with Gasteiger partial charge < -0.3 is 15.3 Å². The maximum absolute atomic E-state index is 12.0. The Labute approximate surface area is 131 Å². The molecule has 0 aliphatic rings. The van der Waals surface area contributed by atoms with Gasteiger partial charge in [-0.05, 0) is 36.6 Å². The average Bonchev–Trinajstić information content (AvgIpc) is 2.54. The normalized spacial score (nSPS) is 11.8. The standard InChI is InChI=1S/C18H22N2O2/c1-14(21)12-13-20(2)18(22)19-17-10-8-16(9-11-17)15-6-4-3-5-7-15/h3-11,14,21H,12-13H2,1-2H3,(H,19,22). The number of hydrogen-bond acceptors (Lipinski definition) is 2. The number of nitrogens with zero attached hydrogens (tertiary/aromatic N) is 1. The Morgan fingerprint density at radius 1 is 1.09 bits per heavy atom. The van der Waals surface area contributed by atoms with Crippen molar-refractivity contribution in [3.8, 4) is 11.1 Å². The molecule has 0 spiro atoms. The van der Waals surface area contributed by atoms with Crippen molar-refractivity contribution in [1.82, 2.24) is 4.90 Å². The summed E-state index contributed by atoms with van der Waals surface area (Å²) in [5.74, 6) is 0. The first-order valence-electron chi connectivity index (χ1n) is 7.42. The third kappa shape index (κ3) is 4.60. The quantitative estimate of drug-likeness (QED) is 0.886. The van der Waals surface area contributed by atoms with Crippen LogP contribution in [-0.4, -0.2) is 35.7 Å². The first-order valence-corrected chi connectivity index (χ1v) is 7.42. The molecule has 1 atom stereocenters. The molecule has 2 aromatic carbocycles. The number of hydrogen-bond donors (Lipinski definition) is 2. The number of anilines is 1. The molecule has 1 unspecified atom stereocenters. The van der Waals surface area contributed by atoms with E-state index in [1.807, 2.05) is 42.5 Å². The predicted octanol–water partition coefficient (Wildman–Crippen LogP) is 3.59. The lowest BCUT2D eigenvalue weighted by Gasteiger charge is -2.18. The van der Waals surface area contributed by atoms with Crippen molar-refractivity contribution in [2.75, 3.05) is 18.9 Å². The zero-order chi connectivity index (χ0) is 15.9. The minimum atomic E-state index is -0.402. The zero-order valence-corrected chi connectivity index (χ0v) is 13.0. The van der Waals surface area contributed by atoms with Gasteiger partial charge in [-0.15, -0.1) is 0 Å². The van der Waals surface area contributed by atoms with Crippen molar-refractivity contribution in [2.45, 2.75) is 19.4 Å². The highest BCUT2D eigenvalue weighted by Crippen LogP contribution is 2.21. The number of urea groups is 1. The lowest BCUT2D eigenvalue weighted by Crippen LogP contribution is -2.33. The van der Waals surface area contributed by atoms with Crippen molar-refractivity contribution in [3.05, 3.63) is 54.6 Å². The molecule has 2 amide bonds. The van der Waals surface area contributed by atoms with Gasteiger partial charge in [0, 0.05) is 19.3 Å². The Kier molecular flexibility index (Phi) is 5.55. The number of aliphatic hydroxyl groups excluding tert-OH is 1. The molecule has 4 heteroatoms. The van der Waals surface area contributed by atoms with Crippen molar-refractivity contribution in [1.29, 1.82) is 0 Å². The Hall–Kier alpha value is -2.33. The van der Waals surface area contributed by atoms with Crippen LogP contribution in [0.1, 0.15) is 13.3 Å². The zero-order valence-electron chi connectivity index (χ0n) is 13.0. The van der Waals surface area contributed by atoms with Crippen LogP contribution < -0.4 is 5.32 Å². The van der Waals surface area contributed by atoms with Crippen LogP contribution >= 0.6 is 0 Å². The highest BCUT2D eigenvalue weighted by molar-refractivity contribution is 5.89. The van der Waals surface area contributed by atoms with Gasteiger partial charge in [0.1, 0.15) is 0 Å². The molecule has 0 aromatic heterocycles. The molecule has 0 heterocycles. The van der Waals surface area contributed by atoms with Crippen LogP contribution in [0.5, 0.6) is 0 Å². The molecule has 0 radical (unpaired) electrons. The minimum absolute atomic E-state index is 0.173. The monoisotopic (exact) mass is 298 g/mol. The summed E-state index contributed by atoms with van der Waals surface area (Å²) in [6, 6.07) is 17.7. The van der Waals surface area contributed by atoms with E-state index >= 15 is 0 Å². The van der Waals surface area contributed by atoms with E-state index in [2.05, 4.69) is 17.4 Å². The smallest absolute Gasteiger partial charge is 0.321 e. The highest BCUT2D eigenvalue weighted by Gasteiger charge is 2.09. The molecule has 0 aliphatic carbocycles. The Morgan fingerprint density at radius 3 is 2.27 bits per heavy atom. The summed E-state index contributed by atoms with van der Waals surface area (Å²) in [6.07, 6.45) is 0.164. The Morgan fingerprint density at radius 2 is 1.68 bits per heavy atom. The number of amides is 2. The number of nitrogens with one attached hydrogen (secondary N) is 1. The van der Waals surface area contributed by atoms with E-state index in [0.29, 0.717) is 13.0 Å². The molecular weight excluding hydrogens is 276 g/mol. The van der Waals surface area contributed by atoms with Gasteiger partial charge in [0.25, 0.3) is 0 Å². The second-order valence-corrected chi connectivity index (χ2v) is 5.43. The van der Waals surface area contributed by atoms with Gasteiger partial charge in [0.15, 0.2) is 0 Å². The average molecular weight is 298 g/mol. The van der Waals surface area contributed by atoms with Crippen molar-refractivity contribution >= 4 is 11.7 Å². The van der Waals surface area contributed by atoms with Crippen molar-refractivity contribution in [3.63, 3.8) is 0 Å². The molecule has 0 saturated carbocycles. The summed E-state index contributed by atoms with van der Waals surface area (Å²) in [4.78, 5) is 13.6. The van der Waals surface area contributed by atoms with E-state index in [-0.39, 0.29) is 6.03 Å². The lowest BCUT2D eigenvalue weighted by molar-refractivity contribution is 0.167. The molecule has 2 aromatic rings. The highest BCUT2D eigenvalue weighted by atomic mass is 16.3. The van der Waals surface area contributed by atoms with Crippen LogP contribution in [0.25, 0.3) is 11.1 Å². The second-order valence-electron chi connectivity index (χ2n) is 5.43. The SMILES string of the molecule is CC(O)CCN(C)C(=O)Nc1ccc(-c2ccccc2)cc1. The van der Waals surface area contributed by atoms with E-state index in [4.69, 9.17) is 0 Å². The van der Waals surface area contributed by atoms with Crippen LogP contribution in [0.4, 0.5) is 10.5 Å². The summed E-state index contributed by atoms with van der Waals surface area (Å²) >= 11 is 0. The molecule has 0 saturated heterocycles. The summed E-state index contributed by atoms with van der Waals surface area (Å²) in [5.41, 5.74) is 3.02. The first-order chi connectivity index (χ1) is 10.6. The Bertz CT molecular complexity index is 594. The van der Waals surface area contributed by atoms with Crippen molar-refractivity contribution in [2.24, 2.45) is 0 Å². The van der Waals surface area contributed by atoms with Crippen molar-refractivity contribution < 1.29 is 9.90 Å². The van der Waals surface area contributed by atoms with Gasteiger partial charge in [0.2, 0.25) is 0 Å². The summed E-state index contributed by atoms with van der Waals surface area (Å²) in [5, 5.41) is 12.1. The number of benzene rings is 2. The predicted molar refractivity (Wildman–Crippen MR) is 89.8 cm³/mol. The molecule has 2 N–H and O–H groups in total. The fourth-order valence-corrected chi connectivity index (χ4v) is 2.08. The van der Waals surface area contributed by atoms with E-state index in [1.54, 1.807) is 18.9 Å². The molecule has 4 nitrogen and oxygen atoms in total. The molecule has 2 rings (SSSR count). The number of carbonyl (C=O) groups excluding carboxylic acids is 1. The fourth-order valence-electron chi connectivity index (χ4n) is 2.08.